The molecular formula is C13H17F2O7S-. The van der Waals surface area contributed by atoms with E-state index in [-0.39, 0.29) is 5.92 Å². The first kappa shape index (κ1) is 18.4. The number of esters is 2. The van der Waals surface area contributed by atoms with Gasteiger partial charge in [-0.05, 0) is 43.9 Å². The molecule has 23 heavy (non-hydrogen) atoms. The second-order valence-electron chi connectivity index (χ2n) is 5.78. The molecule has 2 fully saturated rings. The van der Waals surface area contributed by atoms with E-state index in [2.05, 4.69) is 14.1 Å². The Kier molecular flexibility index (Phi) is 5.82. The Labute approximate surface area is 135 Å². The lowest BCUT2D eigenvalue weighted by Crippen LogP contribution is -2.41. The van der Waals surface area contributed by atoms with Gasteiger partial charge in [0.25, 0.3) is 0 Å². The van der Waals surface area contributed by atoms with Crippen molar-refractivity contribution >= 4 is 24.0 Å². The van der Waals surface area contributed by atoms with Gasteiger partial charge in [0.05, 0.1) is 0 Å². The highest BCUT2D eigenvalue weighted by Gasteiger charge is 2.52. The molecule has 0 aliphatic heterocycles. The van der Waals surface area contributed by atoms with Gasteiger partial charge in [-0.3, -0.25) is 5.04 Å². The van der Waals surface area contributed by atoms with E-state index in [0.717, 1.165) is 25.7 Å². The molecule has 2 aliphatic carbocycles. The summed E-state index contributed by atoms with van der Waals surface area (Å²) in [5, 5.41) is 8.05. The van der Waals surface area contributed by atoms with Crippen LogP contribution in [0.1, 0.15) is 39.0 Å². The number of halogens is 2. The van der Waals surface area contributed by atoms with Crippen LogP contribution in [0, 0.1) is 11.8 Å². The minimum absolute atomic E-state index is 0.275. The average Bonchev–Trinajstić information content (AvgIpc) is 3.11. The van der Waals surface area contributed by atoms with Crippen molar-refractivity contribution in [3.8, 4) is 0 Å². The molecule has 7 nitrogen and oxygen atoms in total. The van der Waals surface area contributed by atoms with Crippen LogP contribution in [0.3, 0.4) is 0 Å². The van der Waals surface area contributed by atoms with Crippen LogP contribution in [0.2, 0.25) is 0 Å². The molecule has 2 aliphatic rings. The van der Waals surface area contributed by atoms with E-state index in [1.165, 1.54) is 0 Å². The van der Waals surface area contributed by atoms with Crippen molar-refractivity contribution in [1.82, 2.24) is 0 Å². The molecule has 2 rings (SSSR count). The maximum atomic E-state index is 13.1. The largest absolute Gasteiger partial charge is 0.691 e. The van der Waals surface area contributed by atoms with E-state index in [0.29, 0.717) is 12.3 Å². The summed E-state index contributed by atoms with van der Waals surface area (Å²) in [7, 11) is 0. The number of alkyl halides is 2. The molecule has 0 aromatic carbocycles. The van der Waals surface area contributed by atoms with Crippen molar-refractivity contribution in [3.05, 3.63) is 0 Å². The Morgan fingerprint density at radius 2 is 2.13 bits per heavy atom. The topological polar surface area (TPSA) is 94.1 Å². The Hall–Kier alpha value is -0.970. The molecule has 0 saturated heterocycles. The zero-order valence-electron chi connectivity index (χ0n) is 12.4. The van der Waals surface area contributed by atoms with Gasteiger partial charge in [0.2, 0.25) is 0 Å². The average molecular weight is 355 g/mol. The van der Waals surface area contributed by atoms with Crippen molar-refractivity contribution in [2.75, 3.05) is 6.61 Å². The summed E-state index contributed by atoms with van der Waals surface area (Å²) in [5.41, 5.74) is -0.580. The molecule has 0 radical (unpaired) electrons. The van der Waals surface area contributed by atoms with E-state index in [1.807, 2.05) is 6.92 Å². The lowest BCUT2D eigenvalue weighted by molar-refractivity contribution is -0.777. The SMILES string of the molecule is CCC1(OC(=O)COC(=O)C(F)(F)SOO[O-])CC2CCC1C2. The van der Waals surface area contributed by atoms with Gasteiger partial charge in [-0.1, -0.05) is 6.92 Å². The smallest absolute Gasteiger partial charge is 0.415 e. The predicted molar refractivity (Wildman–Crippen MR) is 70.2 cm³/mol. The molecule has 3 unspecified atom stereocenters. The minimum Gasteiger partial charge on any atom is -0.691 e. The van der Waals surface area contributed by atoms with Crippen LogP contribution in [0.4, 0.5) is 8.78 Å². The number of hydrogen-bond donors (Lipinski definition) is 0. The first-order valence-corrected chi connectivity index (χ1v) is 7.98. The van der Waals surface area contributed by atoms with E-state index < -0.39 is 41.4 Å². The van der Waals surface area contributed by atoms with Crippen LogP contribution in [-0.2, 0) is 28.4 Å². The predicted octanol–water partition coefficient (Wildman–Crippen LogP) is 1.51. The molecule has 10 heteroatoms. The number of fused-ring (bicyclic) bond motifs is 2. The van der Waals surface area contributed by atoms with Crippen LogP contribution in [0.25, 0.3) is 0 Å². The molecule has 0 aromatic rings. The molecule has 2 saturated carbocycles. The first-order chi connectivity index (χ1) is 10.8. The fourth-order valence-electron chi connectivity index (χ4n) is 3.58. The number of ether oxygens (including phenoxy) is 2. The molecule has 0 heterocycles. The third kappa shape index (κ3) is 4.11. The van der Waals surface area contributed by atoms with Crippen LogP contribution >= 0.6 is 12.0 Å². The van der Waals surface area contributed by atoms with Crippen molar-refractivity contribution in [1.29, 1.82) is 0 Å². The second-order valence-corrected chi connectivity index (χ2v) is 6.60. The zero-order chi connectivity index (χ0) is 17.1. The first-order valence-electron chi connectivity index (χ1n) is 7.24. The summed E-state index contributed by atoms with van der Waals surface area (Å²) in [4.78, 5) is 23.0. The van der Waals surface area contributed by atoms with Crippen molar-refractivity contribution < 1.29 is 42.5 Å². The molecule has 0 spiro atoms. The van der Waals surface area contributed by atoms with Gasteiger partial charge in [-0.15, -0.1) is 0 Å². The summed E-state index contributed by atoms with van der Waals surface area (Å²) >= 11 is -0.810. The van der Waals surface area contributed by atoms with Gasteiger partial charge < -0.3 is 14.7 Å². The fraction of sp³-hybridized carbons (Fsp3) is 0.846. The van der Waals surface area contributed by atoms with E-state index in [1.54, 1.807) is 0 Å². The third-order valence-corrected chi connectivity index (χ3v) is 5.06. The molecule has 0 aromatic heterocycles. The summed E-state index contributed by atoms with van der Waals surface area (Å²) in [6.07, 6.45) is 4.49. The van der Waals surface area contributed by atoms with Gasteiger partial charge >= 0.3 is 17.2 Å². The highest BCUT2D eigenvalue weighted by Crippen LogP contribution is 2.54. The minimum atomic E-state index is -4.17. The third-order valence-electron chi connectivity index (χ3n) is 4.56. The number of rotatable bonds is 8. The van der Waals surface area contributed by atoms with Gasteiger partial charge in [-0.25, -0.2) is 9.59 Å². The lowest BCUT2D eigenvalue weighted by Gasteiger charge is -2.36. The fourth-order valence-corrected chi connectivity index (χ4v) is 3.82. The highest BCUT2D eigenvalue weighted by atomic mass is 32.2. The van der Waals surface area contributed by atoms with Crippen molar-refractivity contribution in [2.45, 2.75) is 49.9 Å². The van der Waals surface area contributed by atoms with Gasteiger partial charge in [0.15, 0.2) is 6.61 Å². The normalized spacial score (nSPS) is 29.6. The van der Waals surface area contributed by atoms with Crippen LogP contribution in [0.15, 0.2) is 0 Å². The van der Waals surface area contributed by atoms with Gasteiger partial charge in [0, 0.05) is 0 Å². The van der Waals surface area contributed by atoms with Gasteiger partial charge in [-0.2, -0.15) is 13.1 Å². The van der Waals surface area contributed by atoms with Crippen LogP contribution in [-0.4, -0.2) is 29.4 Å². The van der Waals surface area contributed by atoms with Crippen LogP contribution in [0.5, 0.6) is 0 Å². The summed E-state index contributed by atoms with van der Waals surface area (Å²) in [6, 6.07) is 0. The van der Waals surface area contributed by atoms with E-state index >= 15 is 0 Å². The summed E-state index contributed by atoms with van der Waals surface area (Å²) in [5.74, 6) is -2.08. The Morgan fingerprint density at radius 3 is 2.65 bits per heavy atom. The lowest BCUT2D eigenvalue weighted by atomic mass is 9.82. The van der Waals surface area contributed by atoms with Gasteiger partial charge in [0.1, 0.15) is 17.6 Å². The molecule has 0 amide bonds. The molecule has 2 bridgehead atoms. The zero-order valence-corrected chi connectivity index (χ0v) is 13.2. The number of carbonyl (C=O) groups is 2. The van der Waals surface area contributed by atoms with Crippen molar-refractivity contribution in [2.24, 2.45) is 11.8 Å². The maximum absolute atomic E-state index is 13.1. The number of hydrogen-bond acceptors (Lipinski definition) is 8. The molecule has 0 N–H and O–H groups in total. The Bertz CT molecular complexity index is 462. The molecule has 3 atom stereocenters. The number of carbonyl (C=O) groups excluding carboxylic acids is 2. The maximum Gasteiger partial charge on any atom is 0.415 e. The van der Waals surface area contributed by atoms with Crippen molar-refractivity contribution in [3.63, 3.8) is 0 Å². The quantitative estimate of drug-likeness (QED) is 0.280. The van der Waals surface area contributed by atoms with E-state index in [4.69, 9.17) is 4.74 Å². The summed E-state index contributed by atoms with van der Waals surface area (Å²) in [6.45, 7) is 0.984. The summed E-state index contributed by atoms with van der Waals surface area (Å²) < 4.78 is 39.3. The monoisotopic (exact) mass is 355 g/mol. The highest BCUT2D eigenvalue weighted by molar-refractivity contribution is 7.96. The standard InChI is InChI=1S/C13H18F2O7S/c1-2-12(6-8-3-4-9(12)5-8)20-10(16)7-19-11(17)13(14,15)23-22-21-18/h8-9,18H,2-7H2,1H3/p-1. The molecule has 132 valence electrons. The Balaban J connectivity index is 1.82. The van der Waals surface area contributed by atoms with Crippen LogP contribution < -0.4 is 5.26 Å². The Morgan fingerprint density at radius 1 is 1.39 bits per heavy atom. The second kappa shape index (κ2) is 7.29. The van der Waals surface area contributed by atoms with E-state index in [9.17, 15) is 23.6 Å². The molecular weight excluding hydrogens is 338 g/mol.